The fourth-order valence-corrected chi connectivity index (χ4v) is 3.46. The van der Waals surface area contributed by atoms with Crippen LogP contribution >= 0.6 is 0 Å². The molecule has 3 amide bonds. The van der Waals surface area contributed by atoms with Gasteiger partial charge < -0.3 is 10.6 Å². The van der Waals surface area contributed by atoms with Gasteiger partial charge >= 0.3 is 0 Å². The van der Waals surface area contributed by atoms with E-state index >= 15 is 0 Å². The van der Waals surface area contributed by atoms with Crippen LogP contribution in [0.4, 0.5) is 11.4 Å². The van der Waals surface area contributed by atoms with E-state index in [0.717, 1.165) is 5.56 Å². The van der Waals surface area contributed by atoms with Crippen molar-refractivity contribution in [2.75, 3.05) is 10.6 Å². The molecule has 31 heavy (non-hydrogen) atoms. The van der Waals surface area contributed by atoms with E-state index in [-0.39, 0.29) is 30.0 Å². The molecule has 3 aromatic rings. The van der Waals surface area contributed by atoms with Gasteiger partial charge in [0.25, 0.3) is 11.8 Å². The zero-order valence-corrected chi connectivity index (χ0v) is 17.0. The number of carbonyl (C=O) groups excluding carboxylic acids is 3. The van der Waals surface area contributed by atoms with Crippen LogP contribution in [0.15, 0.2) is 90.6 Å². The molecule has 0 saturated carbocycles. The molecule has 0 bridgehead atoms. The molecule has 1 aliphatic rings. The summed E-state index contributed by atoms with van der Waals surface area (Å²) in [6.07, 6.45) is 0. The fourth-order valence-electron chi connectivity index (χ4n) is 3.46. The summed E-state index contributed by atoms with van der Waals surface area (Å²) in [5.41, 5.74) is 3.41. The largest absolute Gasteiger partial charge is 0.350 e. The van der Waals surface area contributed by atoms with E-state index in [9.17, 15) is 14.4 Å². The molecule has 0 saturated heterocycles. The Hall–Kier alpha value is -4.19. The van der Waals surface area contributed by atoms with E-state index in [1.165, 1.54) is 11.8 Å². The molecular formula is C25H21N3O3. The number of hydrogen-bond acceptors (Lipinski definition) is 4. The number of rotatable bonds is 6. The van der Waals surface area contributed by atoms with E-state index in [2.05, 4.69) is 10.6 Å². The van der Waals surface area contributed by atoms with E-state index in [4.69, 9.17) is 0 Å². The first-order valence-electron chi connectivity index (χ1n) is 9.87. The summed E-state index contributed by atoms with van der Waals surface area (Å²) in [7, 11) is 0. The second kappa shape index (κ2) is 8.67. The summed E-state index contributed by atoms with van der Waals surface area (Å²) in [4.78, 5) is 39.0. The molecule has 0 fully saturated rings. The molecule has 0 radical (unpaired) electrons. The van der Waals surface area contributed by atoms with Crippen LogP contribution in [0.2, 0.25) is 0 Å². The van der Waals surface area contributed by atoms with Crippen LogP contribution in [-0.2, 0) is 20.9 Å². The highest BCUT2D eigenvalue weighted by Gasteiger charge is 2.39. The van der Waals surface area contributed by atoms with Crippen LogP contribution in [-0.4, -0.2) is 22.6 Å². The average molecular weight is 411 g/mol. The third-order valence-corrected chi connectivity index (χ3v) is 4.89. The van der Waals surface area contributed by atoms with Crippen molar-refractivity contribution in [3.63, 3.8) is 0 Å². The van der Waals surface area contributed by atoms with E-state index in [0.29, 0.717) is 22.5 Å². The summed E-state index contributed by atoms with van der Waals surface area (Å²) in [6, 6.07) is 25.5. The third-order valence-electron chi connectivity index (χ3n) is 4.89. The number of amides is 3. The predicted molar refractivity (Wildman–Crippen MR) is 120 cm³/mol. The lowest BCUT2D eigenvalue weighted by atomic mass is 10.0. The Bertz CT molecular complexity index is 1150. The zero-order chi connectivity index (χ0) is 21.8. The highest BCUT2D eigenvalue weighted by Crippen LogP contribution is 2.31. The SMILES string of the molecule is CC(=O)Nc1ccc(NC2=C(c3ccccc3)C(=O)N(Cc3ccccc3)C2=O)cc1. The lowest BCUT2D eigenvalue weighted by molar-refractivity contribution is -0.137. The minimum Gasteiger partial charge on any atom is -0.350 e. The Morgan fingerprint density at radius 3 is 1.97 bits per heavy atom. The van der Waals surface area contributed by atoms with Crippen molar-refractivity contribution in [1.29, 1.82) is 0 Å². The van der Waals surface area contributed by atoms with Crippen LogP contribution in [0.1, 0.15) is 18.1 Å². The van der Waals surface area contributed by atoms with Crippen molar-refractivity contribution in [3.8, 4) is 0 Å². The van der Waals surface area contributed by atoms with Crippen LogP contribution in [0.3, 0.4) is 0 Å². The minimum absolute atomic E-state index is 0.164. The lowest BCUT2D eigenvalue weighted by Crippen LogP contribution is -2.31. The molecule has 0 unspecified atom stereocenters. The average Bonchev–Trinajstić information content (AvgIpc) is 3.00. The van der Waals surface area contributed by atoms with Gasteiger partial charge in [-0.2, -0.15) is 0 Å². The first kappa shape index (κ1) is 20.1. The van der Waals surface area contributed by atoms with Crippen molar-refractivity contribution in [3.05, 3.63) is 102 Å². The highest BCUT2D eigenvalue weighted by atomic mass is 16.2. The third kappa shape index (κ3) is 4.38. The molecule has 3 aromatic carbocycles. The van der Waals surface area contributed by atoms with Crippen LogP contribution in [0.25, 0.3) is 5.57 Å². The number of benzene rings is 3. The molecule has 4 rings (SSSR count). The minimum atomic E-state index is -0.376. The zero-order valence-electron chi connectivity index (χ0n) is 17.0. The van der Waals surface area contributed by atoms with Crippen LogP contribution in [0, 0.1) is 0 Å². The first-order valence-corrected chi connectivity index (χ1v) is 9.87. The fraction of sp³-hybridized carbons (Fsp3) is 0.0800. The number of carbonyl (C=O) groups is 3. The quantitative estimate of drug-likeness (QED) is 0.600. The molecule has 0 aliphatic carbocycles. The lowest BCUT2D eigenvalue weighted by Gasteiger charge is -2.15. The smallest absolute Gasteiger partial charge is 0.278 e. The van der Waals surface area contributed by atoms with Gasteiger partial charge in [0.1, 0.15) is 5.70 Å². The van der Waals surface area contributed by atoms with Gasteiger partial charge in [0, 0.05) is 18.3 Å². The predicted octanol–water partition coefficient (Wildman–Crippen LogP) is 4.04. The molecule has 1 heterocycles. The van der Waals surface area contributed by atoms with Crippen molar-refractivity contribution < 1.29 is 14.4 Å². The maximum Gasteiger partial charge on any atom is 0.278 e. The van der Waals surface area contributed by atoms with Crippen molar-refractivity contribution in [1.82, 2.24) is 4.90 Å². The maximum absolute atomic E-state index is 13.3. The summed E-state index contributed by atoms with van der Waals surface area (Å²) in [6.45, 7) is 1.63. The second-order valence-corrected chi connectivity index (χ2v) is 7.18. The Labute approximate surface area is 180 Å². The number of imide groups is 1. The Kier molecular flexibility index (Phi) is 5.62. The van der Waals surface area contributed by atoms with Gasteiger partial charge in [0.2, 0.25) is 5.91 Å². The molecular weight excluding hydrogens is 390 g/mol. The molecule has 0 atom stereocenters. The van der Waals surface area contributed by atoms with Gasteiger partial charge in [-0.1, -0.05) is 60.7 Å². The monoisotopic (exact) mass is 411 g/mol. The summed E-state index contributed by atoms with van der Waals surface area (Å²) < 4.78 is 0. The number of hydrogen-bond donors (Lipinski definition) is 2. The maximum atomic E-state index is 13.3. The van der Waals surface area contributed by atoms with E-state index in [1.807, 2.05) is 60.7 Å². The van der Waals surface area contributed by atoms with Gasteiger partial charge in [-0.25, -0.2) is 0 Å². The summed E-state index contributed by atoms with van der Waals surface area (Å²) >= 11 is 0. The van der Waals surface area contributed by atoms with Gasteiger partial charge in [-0.3, -0.25) is 19.3 Å². The molecule has 154 valence electrons. The number of anilines is 2. The normalized spacial score (nSPS) is 13.5. The number of nitrogens with one attached hydrogen (secondary N) is 2. The van der Waals surface area contributed by atoms with E-state index < -0.39 is 0 Å². The van der Waals surface area contributed by atoms with Gasteiger partial charge in [-0.15, -0.1) is 0 Å². The van der Waals surface area contributed by atoms with Crippen molar-refractivity contribution in [2.24, 2.45) is 0 Å². The standard InChI is InChI=1S/C25H21N3O3/c1-17(29)26-20-12-14-21(15-13-20)27-23-22(19-10-6-3-7-11-19)24(30)28(25(23)31)16-18-8-4-2-5-9-18/h2-15,27H,16H2,1H3,(H,26,29). The topological polar surface area (TPSA) is 78.5 Å². The van der Waals surface area contributed by atoms with Crippen molar-refractivity contribution >= 4 is 34.7 Å². The molecule has 6 nitrogen and oxygen atoms in total. The molecule has 1 aliphatic heterocycles. The second-order valence-electron chi connectivity index (χ2n) is 7.18. The van der Waals surface area contributed by atoms with E-state index in [1.54, 1.807) is 24.3 Å². The molecule has 0 aromatic heterocycles. The van der Waals surface area contributed by atoms with Crippen LogP contribution in [0.5, 0.6) is 0 Å². The Balaban J connectivity index is 1.67. The van der Waals surface area contributed by atoms with Gasteiger partial charge in [-0.05, 0) is 35.4 Å². The number of nitrogens with zero attached hydrogens (tertiary/aromatic N) is 1. The van der Waals surface area contributed by atoms with Crippen molar-refractivity contribution in [2.45, 2.75) is 13.5 Å². The summed E-state index contributed by atoms with van der Waals surface area (Å²) in [5, 5.41) is 5.82. The molecule has 0 spiro atoms. The Morgan fingerprint density at radius 2 is 1.35 bits per heavy atom. The molecule has 2 N–H and O–H groups in total. The van der Waals surface area contributed by atoms with Gasteiger partial charge in [0.15, 0.2) is 0 Å². The van der Waals surface area contributed by atoms with Crippen LogP contribution < -0.4 is 10.6 Å². The van der Waals surface area contributed by atoms with Gasteiger partial charge in [0.05, 0.1) is 12.1 Å². The first-order chi connectivity index (χ1) is 15.0. The molecule has 6 heteroatoms. The highest BCUT2D eigenvalue weighted by molar-refractivity contribution is 6.36. The Morgan fingerprint density at radius 1 is 0.774 bits per heavy atom. The summed E-state index contributed by atoms with van der Waals surface area (Å²) in [5.74, 6) is -0.876.